The molecule has 0 bridgehead atoms. The van der Waals surface area contributed by atoms with Gasteiger partial charge in [-0.3, -0.25) is 4.68 Å². The number of aryl methyl sites for hydroxylation is 2. The van der Waals surface area contributed by atoms with Crippen molar-refractivity contribution in [3.8, 4) is 0 Å². The number of aromatic nitrogens is 3. The number of halogens is 1. The molecule has 2 rings (SSSR count). The van der Waals surface area contributed by atoms with Crippen molar-refractivity contribution < 1.29 is 4.39 Å². The third-order valence-electron chi connectivity index (χ3n) is 3.36. The lowest BCUT2D eigenvalue weighted by molar-refractivity contribution is 0.480. The number of benzene rings is 1. The van der Waals surface area contributed by atoms with Crippen LogP contribution in [-0.4, -0.2) is 21.3 Å². The minimum atomic E-state index is -0.175. The van der Waals surface area contributed by atoms with Gasteiger partial charge in [-0.2, -0.15) is 5.10 Å². The van der Waals surface area contributed by atoms with Crippen LogP contribution in [0, 0.1) is 12.7 Å². The zero-order valence-corrected chi connectivity index (χ0v) is 12.2. The molecule has 1 heterocycles. The minimum Gasteiger partial charge on any atom is -0.309 e. The number of rotatable bonds is 6. The maximum Gasteiger partial charge on any atom is 0.138 e. The quantitative estimate of drug-likeness (QED) is 0.881. The topological polar surface area (TPSA) is 42.7 Å². The van der Waals surface area contributed by atoms with Gasteiger partial charge in [-0.15, -0.1) is 0 Å². The van der Waals surface area contributed by atoms with Crippen LogP contribution in [0.15, 0.2) is 24.5 Å². The Hall–Kier alpha value is -1.75. The summed E-state index contributed by atoms with van der Waals surface area (Å²) < 4.78 is 15.8. The first kappa shape index (κ1) is 14.7. The Balaban J connectivity index is 2.27. The predicted octanol–water partition coefficient (Wildman–Crippen LogP) is 2.55. The molecule has 0 aliphatic carbocycles. The summed E-state index contributed by atoms with van der Waals surface area (Å²) in [6.45, 7) is 4.91. The number of hydrogen-bond donors (Lipinski definition) is 1. The first-order chi connectivity index (χ1) is 9.61. The van der Waals surface area contributed by atoms with E-state index >= 15 is 0 Å². The van der Waals surface area contributed by atoms with Crippen LogP contribution in [0.2, 0.25) is 0 Å². The largest absolute Gasteiger partial charge is 0.309 e. The van der Waals surface area contributed by atoms with E-state index in [1.54, 1.807) is 10.7 Å². The van der Waals surface area contributed by atoms with E-state index in [1.807, 2.05) is 20.0 Å². The Morgan fingerprint density at radius 2 is 2.20 bits per heavy atom. The first-order valence-corrected chi connectivity index (χ1v) is 6.94. The second-order valence-electron chi connectivity index (χ2n) is 5.04. The van der Waals surface area contributed by atoms with Gasteiger partial charge < -0.3 is 5.32 Å². The highest BCUT2D eigenvalue weighted by Gasteiger charge is 2.18. The fourth-order valence-corrected chi connectivity index (χ4v) is 2.23. The highest BCUT2D eigenvalue weighted by molar-refractivity contribution is 5.27. The van der Waals surface area contributed by atoms with Gasteiger partial charge in [0.2, 0.25) is 0 Å². The number of hydrogen-bond acceptors (Lipinski definition) is 3. The summed E-state index contributed by atoms with van der Waals surface area (Å²) >= 11 is 0. The second-order valence-corrected chi connectivity index (χ2v) is 5.04. The van der Waals surface area contributed by atoms with Gasteiger partial charge in [0.25, 0.3) is 0 Å². The Morgan fingerprint density at radius 3 is 2.85 bits per heavy atom. The van der Waals surface area contributed by atoms with E-state index in [-0.39, 0.29) is 11.9 Å². The second kappa shape index (κ2) is 6.61. The van der Waals surface area contributed by atoms with Crippen molar-refractivity contribution in [2.75, 3.05) is 6.54 Å². The molecule has 4 nitrogen and oxygen atoms in total. The van der Waals surface area contributed by atoms with E-state index in [4.69, 9.17) is 0 Å². The van der Waals surface area contributed by atoms with Gasteiger partial charge in [0.1, 0.15) is 18.0 Å². The first-order valence-electron chi connectivity index (χ1n) is 6.94. The smallest absolute Gasteiger partial charge is 0.138 e. The average Bonchev–Trinajstić information content (AvgIpc) is 2.83. The zero-order valence-electron chi connectivity index (χ0n) is 12.2. The van der Waals surface area contributed by atoms with Gasteiger partial charge in [0.15, 0.2) is 0 Å². The summed E-state index contributed by atoms with van der Waals surface area (Å²) in [6.07, 6.45) is 3.15. The van der Waals surface area contributed by atoms with Crippen LogP contribution in [0.4, 0.5) is 4.39 Å². The number of nitrogens with zero attached hydrogens (tertiary/aromatic N) is 3. The molecule has 0 spiro atoms. The SMILES string of the molecule is CCCNC(Cc1ncnn1C)c1cc(C)ccc1F. The molecule has 0 saturated heterocycles. The van der Waals surface area contributed by atoms with E-state index in [0.717, 1.165) is 24.4 Å². The molecule has 0 aliphatic rings. The van der Waals surface area contributed by atoms with E-state index in [9.17, 15) is 4.39 Å². The van der Waals surface area contributed by atoms with E-state index in [2.05, 4.69) is 22.3 Å². The third kappa shape index (κ3) is 3.42. The molecule has 108 valence electrons. The highest BCUT2D eigenvalue weighted by Crippen LogP contribution is 2.21. The van der Waals surface area contributed by atoms with Gasteiger partial charge in [0.05, 0.1) is 0 Å². The van der Waals surface area contributed by atoms with Gasteiger partial charge in [-0.05, 0) is 26.0 Å². The molecule has 1 aromatic carbocycles. The molecule has 2 aromatic rings. The lowest BCUT2D eigenvalue weighted by atomic mass is 10.0. The van der Waals surface area contributed by atoms with Crippen LogP contribution in [0.3, 0.4) is 0 Å². The van der Waals surface area contributed by atoms with Gasteiger partial charge in [-0.1, -0.05) is 24.6 Å². The molecule has 0 radical (unpaired) electrons. The molecule has 1 aromatic heterocycles. The molecule has 1 atom stereocenters. The Labute approximate surface area is 119 Å². The Kier molecular flexibility index (Phi) is 4.84. The molecular formula is C15H21FN4. The highest BCUT2D eigenvalue weighted by atomic mass is 19.1. The molecular weight excluding hydrogens is 255 g/mol. The molecule has 0 saturated carbocycles. The summed E-state index contributed by atoms with van der Waals surface area (Å²) in [7, 11) is 1.85. The molecule has 1 N–H and O–H groups in total. The van der Waals surface area contributed by atoms with E-state index in [1.165, 1.54) is 12.4 Å². The normalized spacial score (nSPS) is 12.6. The van der Waals surface area contributed by atoms with Crippen molar-refractivity contribution in [2.24, 2.45) is 7.05 Å². The summed E-state index contributed by atoms with van der Waals surface area (Å²) in [5, 5.41) is 7.47. The van der Waals surface area contributed by atoms with E-state index < -0.39 is 0 Å². The van der Waals surface area contributed by atoms with Crippen molar-refractivity contribution in [1.29, 1.82) is 0 Å². The van der Waals surface area contributed by atoms with Gasteiger partial charge in [-0.25, -0.2) is 9.37 Å². The number of nitrogens with one attached hydrogen (secondary N) is 1. The van der Waals surface area contributed by atoms with Crippen LogP contribution in [0.25, 0.3) is 0 Å². The summed E-state index contributed by atoms with van der Waals surface area (Å²) in [6, 6.07) is 5.14. The van der Waals surface area contributed by atoms with E-state index in [0.29, 0.717) is 12.0 Å². The molecule has 20 heavy (non-hydrogen) atoms. The van der Waals surface area contributed by atoms with Crippen LogP contribution in [0.5, 0.6) is 0 Å². The fraction of sp³-hybridized carbons (Fsp3) is 0.467. The molecule has 1 unspecified atom stereocenters. The van der Waals surface area contributed by atoms with Crippen molar-refractivity contribution in [3.05, 3.63) is 47.3 Å². The zero-order chi connectivity index (χ0) is 14.5. The molecule has 0 aliphatic heterocycles. The maximum absolute atomic E-state index is 14.1. The predicted molar refractivity (Wildman–Crippen MR) is 76.9 cm³/mol. The lowest BCUT2D eigenvalue weighted by Crippen LogP contribution is -2.26. The van der Waals surface area contributed by atoms with Gasteiger partial charge >= 0.3 is 0 Å². The van der Waals surface area contributed by atoms with Crippen LogP contribution < -0.4 is 5.32 Å². The van der Waals surface area contributed by atoms with Crippen LogP contribution in [-0.2, 0) is 13.5 Å². The van der Waals surface area contributed by atoms with Crippen molar-refractivity contribution in [1.82, 2.24) is 20.1 Å². The minimum absolute atomic E-state index is 0.0854. The molecule has 5 heteroatoms. The van der Waals surface area contributed by atoms with Crippen LogP contribution >= 0.6 is 0 Å². The Morgan fingerprint density at radius 1 is 1.40 bits per heavy atom. The lowest BCUT2D eigenvalue weighted by Gasteiger charge is -2.19. The van der Waals surface area contributed by atoms with Gasteiger partial charge in [0, 0.05) is 25.1 Å². The van der Waals surface area contributed by atoms with Crippen molar-refractivity contribution in [3.63, 3.8) is 0 Å². The maximum atomic E-state index is 14.1. The molecule has 0 amide bonds. The fourth-order valence-electron chi connectivity index (χ4n) is 2.23. The summed E-state index contributed by atoms with van der Waals surface area (Å²) in [5.74, 6) is 0.672. The van der Waals surface area contributed by atoms with Crippen molar-refractivity contribution in [2.45, 2.75) is 32.7 Å². The molecule has 0 fully saturated rings. The summed E-state index contributed by atoms with van der Waals surface area (Å²) in [5.41, 5.74) is 1.75. The van der Waals surface area contributed by atoms with Crippen molar-refractivity contribution >= 4 is 0 Å². The summed E-state index contributed by atoms with van der Waals surface area (Å²) in [4.78, 5) is 4.23. The van der Waals surface area contributed by atoms with Crippen LogP contribution in [0.1, 0.15) is 36.3 Å². The standard InChI is InChI=1S/C15H21FN4/c1-4-7-17-14(9-15-18-10-19-20(15)3)12-8-11(2)5-6-13(12)16/h5-6,8,10,14,17H,4,7,9H2,1-3H3. The Bertz CT molecular complexity index is 565. The average molecular weight is 276 g/mol. The monoisotopic (exact) mass is 276 g/mol. The third-order valence-corrected chi connectivity index (χ3v) is 3.36.